The van der Waals surface area contributed by atoms with Gasteiger partial charge in [-0.25, -0.2) is 4.98 Å². The lowest BCUT2D eigenvalue weighted by molar-refractivity contribution is -0.386. The normalized spacial score (nSPS) is 10.7. The van der Waals surface area contributed by atoms with Crippen LogP contribution in [0.15, 0.2) is 6.33 Å². The Morgan fingerprint density at radius 1 is 1.44 bits per heavy atom. The molecule has 8 heteroatoms. The predicted molar refractivity (Wildman–Crippen MR) is 64.8 cm³/mol. The quantitative estimate of drug-likeness (QED) is 0.328. The third kappa shape index (κ3) is 4.42. The van der Waals surface area contributed by atoms with Crippen molar-refractivity contribution in [3.63, 3.8) is 0 Å². The molecule has 100 valence electrons. The van der Waals surface area contributed by atoms with E-state index in [2.05, 4.69) is 9.97 Å². The van der Waals surface area contributed by atoms with Gasteiger partial charge < -0.3 is 9.47 Å². The minimum atomic E-state index is -0.674. The summed E-state index contributed by atoms with van der Waals surface area (Å²) in [6.07, 6.45) is 1.11. The second-order valence-electron chi connectivity index (χ2n) is 3.89. The number of hydrogen-bond donors (Lipinski definition) is 0. The van der Waals surface area contributed by atoms with Crippen molar-refractivity contribution in [1.29, 1.82) is 0 Å². The molecule has 0 aromatic carbocycles. The molecule has 7 nitrogen and oxygen atoms in total. The van der Waals surface area contributed by atoms with Crippen molar-refractivity contribution in [2.75, 3.05) is 19.8 Å². The average molecular weight is 276 g/mol. The Morgan fingerprint density at radius 3 is 2.78 bits per heavy atom. The van der Waals surface area contributed by atoms with Crippen LogP contribution in [0, 0.1) is 16.0 Å². The van der Waals surface area contributed by atoms with E-state index in [0.717, 1.165) is 6.33 Å². The summed E-state index contributed by atoms with van der Waals surface area (Å²) in [5.74, 6) is 0.279. The van der Waals surface area contributed by atoms with E-state index in [-0.39, 0.29) is 17.6 Å². The molecule has 0 radical (unpaired) electrons. The Labute approximate surface area is 109 Å². The number of nitro groups is 1. The van der Waals surface area contributed by atoms with Gasteiger partial charge in [-0.1, -0.05) is 25.4 Å². The molecule has 18 heavy (non-hydrogen) atoms. The highest BCUT2D eigenvalue weighted by Crippen LogP contribution is 2.29. The first-order valence-corrected chi connectivity index (χ1v) is 5.75. The lowest BCUT2D eigenvalue weighted by Crippen LogP contribution is -2.11. The zero-order chi connectivity index (χ0) is 13.5. The number of hydrogen-bond acceptors (Lipinski definition) is 6. The van der Waals surface area contributed by atoms with Gasteiger partial charge in [-0.05, 0) is 5.92 Å². The Hall–Kier alpha value is -1.47. The van der Waals surface area contributed by atoms with E-state index in [1.54, 1.807) is 0 Å². The summed E-state index contributed by atoms with van der Waals surface area (Å²) < 4.78 is 10.4. The summed E-state index contributed by atoms with van der Waals surface area (Å²) in [5.41, 5.74) is -0.428. The molecule has 0 aliphatic heterocycles. The van der Waals surface area contributed by atoms with Crippen molar-refractivity contribution < 1.29 is 14.4 Å². The van der Waals surface area contributed by atoms with Crippen LogP contribution in [-0.4, -0.2) is 34.7 Å². The minimum Gasteiger partial charge on any atom is -0.470 e. The van der Waals surface area contributed by atoms with Gasteiger partial charge in [-0.3, -0.25) is 10.1 Å². The van der Waals surface area contributed by atoms with Gasteiger partial charge in [0.2, 0.25) is 5.15 Å². The van der Waals surface area contributed by atoms with Crippen molar-refractivity contribution in [3.05, 3.63) is 21.6 Å². The molecule has 0 spiro atoms. The van der Waals surface area contributed by atoms with Gasteiger partial charge in [0.25, 0.3) is 5.88 Å². The highest BCUT2D eigenvalue weighted by Gasteiger charge is 2.22. The smallest absolute Gasteiger partial charge is 0.367 e. The molecule has 1 aromatic heterocycles. The summed E-state index contributed by atoms with van der Waals surface area (Å²) in [6.45, 7) is 5.15. The zero-order valence-electron chi connectivity index (χ0n) is 10.1. The summed E-state index contributed by atoms with van der Waals surface area (Å²) in [6, 6.07) is 0. The summed E-state index contributed by atoms with van der Waals surface area (Å²) in [5, 5.41) is 10.5. The van der Waals surface area contributed by atoms with Crippen LogP contribution in [0.2, 0.25) is 5.15 Å². The molecular weight excluding hydrogens is 262 g/mol. The summed E-state index contributed by atoms with van der Waals surface area (Å²) in [4.78, 5) is 17.3. The van der Waals surface area contributed by atoms with Crippen molar-refractivity contribution in [1.82, 2.24) is 9.97 Å². The minimum absolute atomic E-state index is 0.145. The maximum atomic E-state index is 10.8. The van der Waals surface area contributed by atoms with Gasteiger partial charge in [0.1, 0.15) is 12.9 Å². The Kier molecular flexibility index (Phi) is 5.73. The fourth-order valence-corrected chi connectivity index (χ4v) is 1.31. The number of rotatable bonds is 7. The first-order valence-electron chi connectivity index (χ1n) is 5.37. The average Bonchev–Trinajstić information content (AvgIpc) is 2.27. The second-order valence-corrected chi connectivity index (χ2v) is 4.25. The third-order valence-electron chi connectivity index (χ3n) is 1.84. The van der Waals surface area contributed by atoms with Gasteiger partial charge in [0.05, 0.1) is 11.5 Å². The van der Waals surface area contributed by atoms with E-state index in [4.69, 9.17) is 21.1 Å². The maximum Gasteiger partial charge on any atom is 0.367 e. The zero-order valence-corrected chi connectivity index (χ0v) is 10.9. The van der Waals surface area contributed by atoms with Crippen molar-refractivity contribution in [2.24, 2.45) is 5.92 Å². The van der Waals surface area contributed by atoms with Crippen LogP contribution in [0.5, 0.6) is 5.88 Å². The number of ether oxygens (including phenoxy) is 2. The Bertz CT molecular complexity index is 414. The monoisotopic (exact) mass is 275 g/mol. The topological polar surface area (TPSA) is 87.4 Å². The first-order chi connectivity index (χ1) is 8.52. The molecule has 0 amide bonds. The predicted octanol–water partition coefficient (Wildman–Crippen LogP) is 2.09. The van der Waals surface area contributed by atoms with E-state index in [9.17, 15) is 10.1 Å². The lowest BCUT2D eigenvalue weighted by atomic mass is 10.2. The van der Waals surface area contributed by atoms with Gasteiger partial charge >= 0.3 is 5.69 Å². The van der Waals surface area contributed by atoms with Crippen LogP contribution >= 0.6 is 11.6 Å². The van der Waals surface area contributed by atoms with Crippen molar-refractivity contribution in [2.45, 2.75) is 13.8 Å². The van der Waals surface area contributed by atoms with Crippen LogP contribution in [-0.2, 0) is 4.74 Å². The molecular formula is C10H14ClN3O4. The molecule has 0 atom stereocenters. The fourth-order valence-electron chi connectivity index (χ4n) is 1.12. The largest absolute Gasteiger partial charge is 0.470 e. The summed E-state index contributed by atoms with van der Waals surface area (Å²) in [7, 11) is 0. The summed E-state index contributed by atoms with van der Waals surface area (Å²) >= 11 is 5.60. The maximum absolute atomic E-state index is 10.8. The first kappa shape index (κ1) is 14.6. The van der Waals surface area contributed by atoms with E-state index in [1.807, 2.05) is 13.8 Å². The van der Waals surface area contributed by atoms with Gasteiger partial charge in [0.15, 0.2) is 0 Å². The third-order valence-corrected chi connectivity index (χ3v) is 2.12. The lowest BCUT2D eigenvalue weighted by Gasteiger charge is -2.08. The number of aromatic nitrogens is 2. The number of nitrogens with zero attached hydrogens (tertiary/aromatic N) is 3. The van der Waals surface area contributed by atoms with E-state index in [1.165, 1.54) is 0 Å². The molecule has 0 unspecified atom stereocenters. The van der Waals surface area contributed by atoms with E-state index >= 15 is 0 Å². The molecule has 0 aliphatic carbocycles. The van der Waals surface area contributed by atoms with Crippen LogP contribution < -0.4 is 4.74 Å². The second kappa shape index (κ2) is 7.07. The molecule has 0 saturated heterocycles. The fraction of sp³-hybridized carbons (Fsp3) is 0.600. The van der Waals surface area contributed by atoms with Crippen LogP contribution in [0.25, 0.3) is 0 Å². The van der Waals surface area contributed by atoms with Gasteiger partial charge in [-0.15, -0.1) is 0 Å². The molecule has 0 fully saturated rings. The number of halogens is 1. The Morgan fingerprint density at radius 2 is 2.17 bits per heavy atom. The van der Waals surface area contributed by atoms with Crippen LogP contribution in [0.4, 0.5) is 5.69 Å². The molecule has 0 N–H and O–H groups in total. The van der Waals surface area contributed by atoms with Gasteiger partial charge in [-0.2, -0.15) is 4.98 Å². The molecule has 0 saturated carbocycles. The molecule has 1 rings (SSSR count). The van der Waals surface area contributed by atoms with Crippen molar-refractivity contribution in [3.8, 4) is 5.88 Å². The van der Waals surface area contributed by atoms with Crippen LogP contribution in [0.1, 0.15) is 13.8 Å². The van der Waals surface area contributed by atoms with E-state index in [0.29, 0.717) is 19.1 Å². The van der Waals surface area contributed by atoms with Gasteiger partial charge in [0, 0.05) is 6.61 Å². The van der Waals surface area contributed by atoms with Crippen molar-refractivity contribution >= 4 is 17.3 Å². The van der Waals surface area contributed by atoms with E-state index < -0.39 is 10.6 Å². The Balaban J connectivity index is 2.52. The molecule has 1 aromatic rings. The standard InChI is InChI=1S/C10H14ClN3O4/c1-7(2)5-17-3-4-18-10-8(14(15)16)9(11)12-6-13-10/h6-7H,3-5H2,1-2H3. The molecule has 0 bridgehead atoms. The molecule has 0 aliphatic rings. The highest BCUT2D eigenvalue weighted by atomic mass is 35.5. The highest BCUT2D eigenvalue weighted by molar-refractivity contribution is 6.31. The molecule has 1 heterocycles. The van der Waals surface area contributed by atoms with Crippen LogP contribution in [0.3, 0.4) is 0 Å². The SMILES string of the molecule is CC(C)COCCOc1ncnc(Cl)c1[N+](=O)[O-].